The Hall–Kier alpha value is -3.96. The lowest BCUT2D eigenvalue weighted by Gasteiger charge is -2.23. The maximum Gasteiger partial charge on any atom is 0.387 e. The lowest BCUT2D eigenvalue weighted by Crippen LogP contribution is -2.38. The van der Waals surface area contributed by atoms with Crippen LogP contribution in [0.25, 0.3) is 16.6 Å². The first-order valence-electron chi connectivity index (χ1n) is 12.4. The van der Waals surface area contributed by atoms with Gasteiger partial charge in [-0.1, -0.05) is 6.07 Å². The van der Waals surface area contributed by atoms with Gasteiger partial charge in [0.05, 0.1) is 23.9 Å². The molecular weight excluding hydrogens is 494 g/mol. The van der Waals surface area contributed by atoms with Gasteiger partial charge in [0.25, 0.3) is 5.91 Å². The van der Waals surface area contributed by atoms with Crippen molar-refractivity contribution < 1.29 is 23.0 Å². The van der Waals surface area contributed by atoms with Crippen molar-refractivity contribution in [3.05, 3.63) is 77.1 Å². The van der Waals surface area contributed by atoms with Crippen LogP contribution in [0.3, 0.4) is 0 Å². The van der Waals surface area contributed by atoms with Crippen LogP contribution >= 0.6 is 0 Å². The third kappa shape index (κ3) is 3.35. The van der Waals surface area contributed by atoms with Gasteiger partial charge in [0.2, 0.25) is 0 Å². The van der Waals surface area contributed by atoms with E-state index in [-0.39, 0.29) is 23.6 Å². The van der Waals surface area contributed by atoms with Crippen LogP contribution in [0.1, 0.15) is 57.8 Å². The van der Waals surface area contributed by atoms with Gasteiger partial charge in [-0.25, -0.2) is 14.5 Å². The standard InChI is InChI=1S/C27H24F2N6O3/c1-34-19-10-17(21-16(24(34)36)3-2-4-20(21)38-26(28)29)22-18-9-14(5-7-35(18)33-23(19)22)15-11-31-25(32-12-15)27(30)6-8-37-13-27/h2-5,7,9,11-12,17,19,26H,6,8,10,13,30H2,1H3. The van der Waals surface area contributed by atoms with E-state index in [0.717, 1.165) is 27.9 Å². The maximum atomic E-state index is 13.3. The number of rotatable bonds is 4. The van der Waals surface area contributed by atoms with Gasteiger partial charge >= 0.3 is 6.61 Å². The summed E-state index contributed by atoms with van der Waals surface area (Å²) in [6.45, 7) is -2.03. The van der Waals surface area contributed by atoms with Crippen LogP contribution in [0.5, 0.6) is 5.75 Å². The van der Waals surface area contributed by atoms with E-state index in [2.05, 4.69) is 9.97 Å². The highest BCUT2D eigenvalue weighted by Gasteiger charge is 2.46. The molecule has 7 rings (SSSR count). The summed E-state index contributed by atoms with van der Waals surface area (Å²) in [6.07, 6.45) is 6.55. The van der Waals surface area contributed by atoms with E-state index < -0.39 is 12.2 Å². The SMILES string of the molecule is CN1C(=O)c2cccc(OC(F)F)c2C2CC1c1nn3ccc(-c4cnc(C5(N)CCOC5)nc4)cc3c12. The molecule has 11 heteroatoms. The highest BCUT2D eigenvalue weighted by atomic mass is 19.3. The van der Waals surface area contributed by atoms with Gasteiger partial charge in [0.1, 0.15) is 17.1 Å². The minimum Gasteiger partial charge on any atom is -0.434 e. The van der Waals surface area contributed by atoms with Crippen LogP contribution < -0.4 is 10.5 Å². The fourth-order valence-corrected chi connectivity index (χ4v) is 6.03. The van der Waals surface area contributed by atoms with E-state index in [1.165, 1.54) is 6.07 Å². The highest BCUT2D eigenvalue weighted by Crippen LogP contribution is 2.53. The smallest absolute Gasteiger partial charge is 0.387 e. The molecule has 3 aliphatic rings. The summed E-state index contributed by atoms with van der Waals surface area (Å²) in [4.78, 5) is 24.0. The van der Waals surface area contributed by atoms with E-state index in [1.54, 1.807) is 41.0 Å². The molecule has 2 bridgehead atoms. The summed E-state index contributed by atoms with van der Waals surface area (Å²) in [5, 5.41) is 4.81. The molecule has 1 fully saturated rings. The van der Waals surface area contributed by atoms with E-state index in [0.29, 0.717) is 43.0 Å². The molecule has 3 atom stereocenters. The first-order chi connectivity index (χ1) is 18.3. The predicted molar refractivity (Wildman–Crippen MR) is 132 cm³/mol. The number of hydrogen-bond donors (Lipinski definition) is 1. The quantitative estimate of drug-likeness (QED) is 0.440. The van der Waals surface area contributed by atoms with E-state index in [9.17, 15) is 13.6 Å². The number of aromatic nitrogens is 4. The summed E-state index contributed by atoms with van der Waals surface area (Å²) < 4.78 is 38.8. The molecule has 38 heavy (non-hydrogen) atoms. The molecule has 4 aromatic rings. The second-order valence-electron chi connectivity index (χ2n) is 10.1. The van der Waals surface area contributed by atoms with Gasteiger partial charge in [0, 0.05) is 60.4 Å². The van der Waals surface area contributed by atoms with Crippen molar-refractivity contribution in [1.29, 1.82) is 0 Å². The second kappa shape index (κ2) is 8.27. The van der Waals surface area contributed by atoms with Crippen molar-refractivity contribution in [2.75, 3.05) is 20.3 Å². The van der Waals surface area contributed by atoms with E-state index in [4.69, 9.17) is 20.3 Å². The van der Waals surface area contributed by atoms with Gasteiger partial charge < -0.3 is 20.1 Å². The molecule has 9 nitrogen and oxygen atoms in total. The molecule has 3 aromatic heterocycles. The average Bonchev–Trinajstić information content (AvgIpc) is 3.60. The molecule has 0 radical (unpaired) electrons. The largest absolute Gasteiger partial charge is 0.434 e. The number of carbonyl (C=O) groups is 1. The molecule has 0 saturated carbocycles. The monoisotopic (exact) mass is 518 g/mol. The number of ether oxygens (including phenoxy) is 2. The summed E-state index contributed by atoms with van der Waals surface area (Å²) in [6, 6.07) is 8.37. The number of halogens is 2. The van der Waals surface area contributed by atoms with Gasteiger partial charge in [-0.3, -0.25) is 4.79 Å². The Morgan fingerprint density at radius 1 is 1.18 bits per heavy atom. The number of carbonyl (C=O) groups excluding carboxylic acids is 1. The van der Waals surface area contributed by atoms with Crippen LogP contribution in [-0.2, 0) is 10.3 Å². The zero-order valence-electron chi connectivity index (χ0n) is 20.5. The maximum absolute atomic E-state index is 13.3. The number of nitrogens with zero attached hydrogens (tertiary/aromatic N) is 5. The Morgan fingerprint density at radius 2 is 2.00 bits per heavy atom. The summed E-state index contributed by atoms with van der Waals surface area (Å²) in [5.41, 5.74) is 10.8. The lowest BCUT2D eigenvalue weighted by molar-refractivity contribution is -0.0505. The highest BCUT2D eigenvalue weighted by molar-refractivity contribution is 5.98. The Balaban J connectivity index is 1.35. The van der Waals surface area contributed by atoms with Crippen molar-refractivity contribution in [3.8, 4) is 16.9 Å². The molecule has 2 N–H and O–H groups in total. The first kappa shape index (κ1) is 23.2. The average molecular weight is 519 g/mol. The lowest BCUT2D eigenvalue weighted by atomic mass is 9.88. The fourth-order valence-electron chi connectivity index (χ4n) is 6.03. The van der Waals surface area contributed by atoms with Crippen LogP contribution in [0.2, 0.25) is 0 Å². The minimum absolute atomic E-state index is 0.0175. The number of fused-ring (bicyclic) bond motifs is 9. The summed E-state index contributed by atoms with van der Waals surface area (Å²) in [7, 11) is 1.73. The second-order valence-corrected chi connectivity index (χ2v) is 10.1. The van der Waals surface area contributed by atoms with Gasteiger partial charge in [-0.2, -0.15) is 13.9 Å². The summed E-state index contributed by atoms with van der Waals surface area (Å²) >= 11 is 0. The molecule has 0 spiro atoms. The number of hydrogen-bond acceptors (Lipinski definition) is 7. The van der Waals surface area contributed by atoms with Crippen LogP contribution in [0.15, 0.2) is 48.9 Å². The Kier molecular flexibility index (Phi) is 5.04. The zero-order valence-corrected chi connectivity index (χ0v) is 20.5. The van der Waals surface area contributed by atoms with E-state index in [1.807, 2.05) is 18.3 Å². The fraction of sp³-hybridized carbons (Fsp3) is 0.333. The third-order valence-corrected chi connectivity index (χ3v) is 7.96. The van der Waals surface area contributed by atoms with Gasteiger partial charge in [-0.05, 0) is 42.7 Å². The zero-order chi connectivity index (χ0) is 26.2. The van der Waals surface area contributed by atoms with Crippen molar-refractivity contribution in [2.24, 2.45) is 5.73 Å². The van der Waals surface area contributed by atoms with Crippen molar-refractivity contribution in [1.82, 2.24) is 24.5 Å². The molecule has 194 valence electrons. The molecule has 1 aliphatic carbocycles. The Labute approximate surface area is 216 Å². The Bertz CT molecular complexity index is 1580. The van der Waals surface area contributed by atoms with Crippen molar-refractivity contribution in [2.45, 2.75) is 37.0 Å². The molecule has 1 amide bonds. The van der Waals surface area contributed by atoms with Crippen LogP contribution in [-0.4, -0.2) is 57.3 Å². The summed E-state index contributed by atoms with van der Waals surface area (Å²) in [5.74, 6) is -0.00674. The molecule has 2 aliphatic heterocycles. The van der Waals surface area contributed by atoms with Gasteiger partial charge in [-0.15, -0.1) is 0 Å². The minimum atomic E-state index is -3.00. The first-order valence-corrected chi connectivity index (χ1v) is 12.4. The third-order valence-electron chi connectivity index (χ3n) is 7.96. The number of benzene rings is 1. The number of pyridine rings is 1. The van der Waals surface area contributed by atoms with Gasteiger partial charge in [0.15, 0.2) is 0 Å². The van der Waals surface area contributed by atoms with Crippen LogP contribution in [0.4, 0.5) is 8.78 Å². The van der Waals surface area contributed by atoms with Crippen molar-refractivity contribution in [3.63, 3.8) is 0 Å². The molecular formula is C27H24F2N6O3. The normalized spacial score (nSPS) is 24.1. The van der Waals surface area contributed by atoms with E-state index >= 15 is 0 Å². The van der Waals surface area contributed by atoms with Crippen LogP contribution in [0, 0.1) is 0 Å². The molecule has 3 unspecified atom stereocenters. The van der Waals surface area contributed by atoms with Crippen molar-refractivity contribution >= 4 is 11.4 Å². The molecule has 5 heterocycles. The molecule has 1 saturated heterocycles. The predicted octanol–water partition coefficient (Wildman–Crippen LogP) is 3.63. The number of nitrogens with two attached hydrogens (primary N) is 1. The topological polar surface area (TPSA) is 108 Å². The number of alkyl halides is 2. The number of amides is 1. The Morgan fingerprint density at radius 3 is 2.74 bits per heavy atom. The molecule has 1 aromatic carbocycles.